The number of fused-ring (bicyclic) bond motifs is 1. The molecule has 1 aromatic heterocycles. The summed E-state index contributed by atoms with van der Waals surface area (Å²) in [6.07, 6.45) is 0.587. The fraction of sp³-hybridized carbons (Fsp3) is 0.529. The van der Waals surface area contributed by atoms with Gasteiger partial charge in [-0.05, 0) is 23.6 Å². The zero-order chi connectivity index (χ0) is 16.6. The molecule has 1 aliphatic heterocycles. The molecule has 2 heterocycles. The monoisotopic (exact) mass is 316 g/mol. The summed E-state index contributed by atoms with van der Waals surface area (Å²) in [7, 11) is 0. The van der Waals surface area contributed by atoms with Crippen LogP contribution in [0.1, 0.15) is 27.2 Å². The van der Waals surface area contributed by atoms with E-state index in [0.717, 1.165) is 42.9 Å². The van der Waals surface area contributed by atoms with Crippen LogP contribution in [0.4, 0.5) is 5.69 Å². The maximum Gasteiger partial charge on any atom is 0.323 e. The van der Waals surface area contributed by atoms with Crippen molar-refractivity contribution in [1.82, 2.24) is 14.9 Å². The zero-order valence-corrected chi connectivity index (χ0v) is 14.0. The Morgan fingerprint density at radius 3 is 2.39 bits per heavy atom. The molecule has 23 heavy (non-hydrogen) atoms. The van der Waals surface area contributed by atoms with Crippen LogP contribution in [0, 0.1) is 5.41 Å². The van der Waals surface area contributed by atoms with Crippen LogP contribution in [0.15, 0.2) is 23.0 Å². The quantitative estimate of drug-likeness (QED) is 0.889. The third-order valence-corrected chi connectivity index (χ3v) is 4.18. The molecule has 1 aromatic carbocycles. The van der Waals surface area contributed by atoms with Gasteiger partial charge in [-0.3, -0.25) is 4.79 Å². The second-order valence-electron chi connectivity index (χ2n) is 7.41. The first-order valence-corrected chi connectivity index (χ1v) is 8.07. The lowest BCUT2D eigenvalue weighted by Crippen LogP contribution is -2.49. The molecule has 2 aromatic rings. The molecule has 6 heteroatoms. The van der Waals surface area contributed by atoms with Gasteiger partial charge in [0.2, 0.25) is 5.91 Å². The van der Waals surface area contributed by atoms with E-state index in [-0.39, 0.29) is 17.0 Å². The number of aromatic amines is 2. The molecule has 0 atom stereocenters. The molecule has 1 aliphatic rings. The number of aromatic nitrogens is 2. The highest BCUT2D eigenvalue weighted by atomic mass is 16.2. The van der Waals surface area contributed by atoms with Crippen LogP contribution in [-0.2, 0) is 4.79 Å². The summed E-state index contributed by atoms with van der Waals surface area (Å²) in [5.41, 5.74) is 2.56. The van der Waals surface area contributed by atoms with E-state index in [4.69, 9.17) is 0 Å². The lowest BCUT2D eigenvalue weighted by molar-refractivity contribution is -0.133. The summed E-state index contributed by atoms with van der Waals surface area (Å²) in [4.78, 5) is 33.4. The highest BCUT2D eigenvalue weighted by Gasteiger charge is 2.25. The van der Waals surface area contributed by atoms with E-state index in [2.05, 4.69) is 35.6 Å². The van der Waals surface area contributed by atoms with Crippen LogP contribution in [0.2, 0.25) is 0 Å². The number of hydrogen-bond acceptors (Lipinski definition) is 3. The van der Waals surface area contributed by atoms with E-state index in [1.54, 1.807) is 0 Å². The molecule has 1 amide bonds. The second kappa shape index (κ2) is 5.76. The van der Waals surface area contributed by atoms with E-state index in [9.17, 15) is 9.59 Å². The normalized spacial score (nSPS) is 16.1. The number of piperazine rings is 1. The van der Waals surface area contributed by atoms with Gasteiger partial charge in [-0.15, -0.1) is 0 Å². The standard InChI is InChI=1S/C17H24N4O2/c1-17(2,3)11-15(22)21-8-6-20(7-9-21)12-4-5-13-14(10-12)19-16(23)18-13/h4-5,10H,6-9,11H2,1-3H3,(H2,18,19,23). The lowest BCUT2D eigenvalue weighted by Gasteiger charge is -2.37. The highest BCUT2D eigenvalue weighted by Crippen LogP contribution is 2.23. The molecule has 0 spiro atoms. The molecule has 6 nitrogen and oxygen atoms in total. The van der Waals surface area contributed by atoms with Crippen molar-refractivity contribution in [2.24, 2.45) is 5.41 Å². The van der Waals surface area contributed by atoms with Crippen molar-refractivity contribution in [3.8, 4) is 0 Å². The minimum absolute atomic E-state index is 0.0272. The summed E-state index contributed by atoms with van der Waals surface area (Å²) in [5, 5.41) is 0. The second-order valence-corrected chi connectivity index (χ2v) is 7.41. The van der Waals surface area contributed by atoms with E-state index in [0.29, 0.717) is 6.42 Å². The van der Waals surface area contributed by atoms with Gasteiger partial charge in [-0.2, -0.15) is 0 Å². The first kappa shape index (κ1) is 15.6. The number of benzene rings is 1. The number of imidazole rings is 1. The number of rotatable bonds is 2. The average Bonchev–Trinajstić information content (AvgIpc) is 2.84. The summed E-state index contributed by atoms with van der Waals surface area (Å²) in [5.74, 6) is 0.238. The van der Waals surface area contributed by atoms with E-state index in [1.807, 2.05) is 23.1 Å². The van der Waals surface area contributed by atoms with Gasteiger partial charge in [-0.25, -0.2) is 4.79 Å². The topological polar surface area (TPSA) is 72.2 Å². The number of nitrogens with one attached hydrogen (secondary N) is 2. The van der Waals surface area contributed by atoms with Crippen molar-refractivity contribution >= 4 is 22.6 Å². The van der Waals surface area contributed by atoms with Crippen molar-refractivity contribution in [1.29, 1.82) is 0 Å². The Balaban J connectivity index is 1.65. The van der Waals surface area contributed by atoms with Gasteiger partial charge in [0.25, 0.3) is 0 Å². The van der Waals surface area contributed by atoms with Crippen LogP contribution in [0.25, 0.3) is 11.0 Å². The number of nitrogens with zero attached hydrogens (tertiary/aromatic N) is 2. The molecule has 2 N–H and O–H groups in total. The van der Waals surface area contributed by atoms with Crippen LogP contribution >= 0.6 is 0 Å². The minimum atomic E-state index is -0.185. The van der Waals surface area contributed by atoms with Gasteiger partial charge < -0.3 is 19.8 Å². The van der Waals surface area contributed by atoms with Crippen LogP contribution in [0.3, 0.4) is 0 Å². The number of anilines is 1. The molecule has 1 saturated heterocycles. The van der Waals surface area contributed by atoms with Crippen molar-refractivity contribution in [2.75, 3.05) is 31.1 Å². The Morgan fingerprint density at radius 2 is 1.74 bits per heavy atom. The molecule has 0 saturated carbocycles. The van der Waals surface area contributed by atoms with Crippen molar-refractivity contribution < 1.29 is 4.79 Å². The first-order chi connectivity index (χ1) is 10.8. The van der Waals surface area contributed by atoms with Gasteiger partial charge in [0.15, 0.2) is 0 Å². The summed E-state index contributed by atoms with van der Waals surface area (Å²) in [6.45, 7) is 9.40. The first-order valence-electron chi connectivity index (χ1n) is 8.07. The third-order valence-electron chi connectivity index (χ3n) is 4.18. The maximum atomic E-state index is 12.3. The largest absolute Gasteiger partial charge is 0.368 e. The smallest absolute Gasteiger partial charge is 0.323 e. The number of carbonyl (C=O) groups is 1. The Bertz CT molecular complexity index is 761. The number of H-pyrrole nitrogens is 2. The van der Waals surface area contributed by atoms with E-state index >= 15 is 0 Å². The van der Waals surface area contributed by atoms with E-state index < -0.39 is 0 Å². The molecule has 3 rings (SSSR count). The molecular weight excluding hydrogens is 292 g/mol. The third kappa shape index (κ3) is 3.57. The van der Waals surface area contributed by atoms with Gasteiger partial charge in [0, 0.05) is 38.3 Å². The zero-order valence-electron chi connectivity index (χ0n) is 14.0. The van der Waals surface area contributed by atoms with Crippen molar-refractivity contribution in [2.45, 2.75) is 27.2 Å². The summed E-state index contributed by atoms with van der Waals surface area (Å²) >= 11 is 0. The average molecular weight is 316 g/mol. The van der Waals surface area contributed by atoms with Crippen molar-refractivity contribution in [3.63, 3.8) is 0 Å². The Morgan fingerprint density at radius 1 is 1.09 bits per heavy atom. The van der Waals surface area contributed by atoms with Gasteiger partial charge in [0.1, 0.15) is 0 Å². The van der Waals surface area contributed by atoms with E-state index in [1.165, 1.54) is 0 Å². The molecule has 124 valence electrons. The van der Waals surface area contributed by atoms with Crippen molar-refractivity contribution in [3.05, 3.63) is 28.7 Å². The Kier molecular flexibility index (Phi) is 3.92. The van der Waals surface area contributed by atoms with Crippen LogP contribution < -0.4 is 10.6 Å². The SMILES string of the molecule is CC(C)(C)CC(=O)N1CCN(c2ccc3[nH]c(=O)[nH]c3c2)CC1. The molecule has 0 aliphatic carbocycles. The summed E-state index contributed by atoms with van der Waals surface area (Å²) < 4.78 is 0. The minimum Gasteiger partial charge on any atom is -0.368 e. The number of hydrogen-bond donors (Lipinski definition) is 2. The van der Waals surface area contributed by atoms with Gasteiger partial charge in [0.05, 0.1) is 11.0 Å². The van der Waals surface area contributed by atoms with Crippen LogP contribution in [0.5, 0.6) is 0 Å². The fourth-order valence-corrected chi connectivity index (χ4v) is 3.00. The number of amides is 1. The highest BCUT2D eigenvalue weighted by molar-refractivity contribution is 5.79. The Labute approximate surface area is 135 Å². The van der Waals surface area contributed by atoms with Crippen LogP contribution in [-0.4, -0.2) is 47.0 Å². The van der Waals surface area contributed by atoms with Gasteiger partial charge >= 0.3 is 5.69 Å². The molecular formula is C17H24N4O2. The molecule has 0 radical (unpaired) electrons. The maximum absolute atomic E-state index is 12.3. The fourth-order valence-electron chi connectivity index (χ4n) is 3.00. The number of carbonyl (C=O) groups excluding carboxylic acids is 1. The molecule has 0 bridgehead atoms. The predicted molar refractivity (Wildman–Crippen MR) is 91.8 cm³/mol. The molecule has 0 unspecified atom stereocenters. The molecule has 1 fully saturated rings. The predicted octanol–water partition coefficient (Wildman–Crippen LogP) is 1.94. The Hall–Kier alpha value is -2.24. The van der Waals surface area contributed by atoms with Gasteiger partial charge in [-0.1, -0.05) is 20.8 Å². The summed E-state index contributed by atoms with van der Waals surface area (Å²) in [6, 6.07) is 5.91. The lowest BCUT2D eigenvalue weighted by atomic mass is 9.91.